The summed E-state index contributed by atoms with van der Waals surface area (Å²) in [4.78, 5) is 30.5. The van der Waals surface area contributed by atoms with Crippen LogP contribution < -0.4 is 0 Å². The van der Waals surface area contributed by atoms with Crippen LogP contribution in [0.3, 0.4) is 0 Å². The van der Waals surface area contributed by atoms with Crippen LogP contribution in [0.5, 0.6) is 0 Å². The second-order valence-electron chi connectivity index (χ2n) is 5.20. The molecule has 0 bridgehead atoms. The van der Waals surface area contributed by atoms with E-state index >= 15 is 0 Å². The van der Waals surface area contributed by atoms with Gasteiger partial charge in [0.2, 0.25) is 5.91 Å². The number of thiophene rings is 1. The van der Waals surface area contributed by atoms with E-state index in [1.807, 2.05) is 38.5 Å². The maximum Gasteiger partial charge on any atom is 0.327 e. The van der Waals surface area contributed by atoms with Crippen molar-refractivity contribution in [2.75, 3.05) is 33.7 Å². The van der Waals surface area contributed by atoms with Gasteiger partial charge in [-0.3, -0.25) is 9.69 Å². The Morgan fingerprint density at radius 3 is 2.70 bits per heavy atom. The molecule has 0 aliphatic carbocycles. The highest BCUT2D eigenvalue weighted by atomic mass is 32.1. The predicted octanol–water partition coefficient (Wildman–Crippen LogP) is 2.03. The van der Waals surface area contributed by atoms with Crippen LogP contribution >= 0.6 is 11.3 Å². The molecule has 6 heteroatoms. The molecular weight excluding hydrogens is 274 g/mol. The average molecular weight is 295 g/mol. The van der Waals surface area contributed by atoms with Gasteiger partial charge in [-0.1, -0.05) is 13.0 Å². The monoisotopic (exact) mass is 295 g/mol. The van der Waals surface area contributed by atoms with Gasteiger partial charge in [0.05, 0.1) is 12.6 Å². The fourth-order valence-electron chi connectivity index (χ4n) is 2.38. The fourth-order valence-corrected chi connectivity index (χ4v) is 3.29. The lowest BCUT2D eigenvalue weighted by molar-refractivity contribution is -0.125. The first-order valence-corrected chi connectivity index (χ1v) is 7.71. The van der Waals surface area contributed by atoms with Gasteiger partial charge in [0.25, 0.3) is 0 Å². The molecule has 0 aromatic carbocycles. The van der Waals surface area contributed by atoms with Gasteiger partial charge in [-0.05, 0) is 32.0 Å². The summed E-state index contributed by atoms with van der Waals surface area (Å²) < 4.78 is 0. The molecule has 2 rings (SSSR count). The van der Waals surface area contributed by atoms with Gasteiger partial charge in [0.15, 0.2) is 0 Å². The molecule has 3 amide bonds. The summed E-state index contributed by atoms with van der Waals surface area (Å²) in [5, 5.41) is 2.02. The topological polar surface area (TPSA) is 43.9 Å². The zero-order valence-corrected chi connectivity index (χ0v) is 13.0. The highest BCUT2D eigenvalue weighted by Gasteiger charge is 2.37. The summed E-state index contributed by atoms with van der Waals surface area (Å²) in [6.07, 6.45) is 0.870. The highest BCUT2D eigenvalue weighted by Crippen LogP contribution is 2.25. The molecule has 5 nitrogen and oxygen atoms in total. The molecule has 2 heterocycles. The van der Waals surface area contributed by atoms with Crippen molar-refractivity contribution < 1.29 is 9.59 Å². The Kier molecular flexibility index (Phi) is 4.77. The third-order valence-corrected chi connectivity index (χ3v) is 4.45. The number of rotatable bonds is 6. The minimum Gasteiger partial charge on any atom is -0.315 e. The van der Waals surface area contributed by atoms with Crippen LogP contribution in [0, 0.1) is 0 Å². The van der Waals surface area contributed by atoms with Crippen LogP contribution in [0.25, 0.3) is 0 Å². The molecule has 20 heavy (non-hydrogen) atoms. The third-order valence-electron chi connectivity index (χ3n) is 3.47. The highest BCUT2D eigenvalue weighted by molar-refractivity contribution is 7.10. The first kappa shape index (κ1) is 15.0. The van der Waals surface area contributed by atoms with Gasteiger partial charge >= 0.3 is 6.03 Å². The number of carbonyl (C=O) groups is 2. The largest absolute Gasteiger partial charge is 0.327 e. The van der Waals surface area contributed by atoms with Crippen LogP contribution in [-0.4, -0.2) is 60.4 Å². The molecule has 1 saturated heterocycles. The minimum absolute atomic E-state index is 0.0597. The van der Waals surface area contributed by atoms with E-state index in [9.17, 15) is 9.59 Å². The van der Waals surface area contributed by atoms with Gasteiger partial charge in [-0.15, -0.1) is 11.3 Å². The molecule has 0 spiro atoms. The van der Waals surface area contributed by atoms with E-state index in [4.69, 9.17) is 0 Å². The Labute approximate surface area is 123 Å². The van der Waals surface area contributed by atoms with Crippen molar-refractivity contribution in [3.63, 3.8) is 0 Å². The first-order chi connectivity index (χ1) is 9.54. The van der Waals surface area contributed by atoms with Crippen LogP contribution in [-0.2, 0) is 4.79 Å². The molecule has 1 aromatic heterocycles. The van der Waals surface area contributed by atoms with Crippen molar-refractivity contribution in [3.8, 4) is 0 Å². The smallest absolute Gasteiger partial charge is 0.315 e. The van der Waals surface area contributed by atoms with E-state index in [1.165, 1.54) is 9.78 Å². The lowest BCUT2D eigenvalue weighted by Gasteiger charge is -2.27. The van der Waals surface area contributed by atoms with Crippen molar-refractivity contribution >= 4 is 23.3 Å². The normalized spacial score (nSPS) is 17.4. The predicted molar refractivity (Wildman–Crippen MR) is 79.7 cm³/mol. The first-order valence-electron chi connectivity index (χ1n) is 6.83. The average Bonchev–Trinajstić information content (AvgIpc) is 2.99. The summed E-state index contributed by atoms with van der Waals surface area (Å²) >= 11 is 1.65. The van der Waals surface area contributed by atoms with Crippen LogP contribution in [0.2, 0.25) is 0 Å². The fraction of sp³-hybridized carbons (Fsp3) is 0.571. The van der Waals surface area contributed by atoms with Crippen molar-refractivity contribution in [2.24, 2.45) is 0 Å². The van der Waals surface area contributed by atoms with Gasteiger partial charge in [0, 0.05) is 11.4 Å². The zero-order chi connectivity index (χ0) is 14.7. The molecule has 1 aromatic rings. The number of urea groups is 1. The third kappa shape index (κ3) is 3.02. The van der Waals surface area contributed by atoms with Crippen LogP contribution in [0.4, 0.5) is 4.79 Å². The van der Waals surface area contributed by atoms with E-state index in [0.717, 1.165) is 6.42 Å². The molecule has 0 radical (unpaired) electrons. The SMILES string of the molecule is CCCN1CC(=O)N(C[C@@H](c2cccs2)N(C)C)C1=O. The van der Waals surface area contributed by atoms with Gasteiger partial charge in [-0.25, -0.2) is 4.79 Å². The number of carbonyl (C=O) groups excluding carboxylic acids is 2. The molecule has 110 valence electrons. The molecule has 0 N–H and O–H groups in total. The summed E-state index contributed by atoms with van der Waals surface area (Å²) in [5.74, 6) is -0.0909. The zero-order valence-electron chi connectivity index (χ0n) is 12.2. The summed E-state index contributed by atoms with van der Waals surface area (Å²) in [7, 11) is 3.94. The van der Waals surface area contributed by atoms with Crippen molar-refractivity contribution in [2.45, 2.75) is 19.4 Å². The number of likely N-dealkylation sites (N-methyl/N-ethyl adjacent to an activating group) is 1. The Morgan fingerprint density at radius 1 is 1.40 bits per heavy atom. The Morgan fingerprint density at radius 2 is 2.15 bits per heavy atom. The van der Waals surface area contributed by atoms with E-state index < -0.39 is 0 Å². The standard InChI is InChI=1S/C14H21N3O2S/c1-4-7-16-10-13(18)17(14(16)19)9-11(15(2)3)12-6-5-8-20-12/h5-6,8,11H,4,7,9-10H2,1-3H3/t11-/m0/s1. The van der Waals surface area contributed by atoms with Gasteiger partial charge in [-0.2, -0.15) is 0 Å². The van der Waals surface area contributed by atoms with E-state index in [2.05, 4.69) is 4.90 Å². The maximum absolute atomic E-state index is 12.2. The Balaban J connectivity index is 2.11. The van der Waals surface area contributed by atoms with Crippen molar-refractivity contribution in [3.05, 3.63) is 22.4 Å². The van der Waals surface area contributed by atoms with E-state index in [0.29, 0.717) is 13.1 Å². The Hall–Kier alpha value is -1.40. The summed E-state index contributed by atoms with van der Waals surface area (Å²) in [6, 6.07) is 3.95. The summed E-state index contributed by atoms with van der Waals surface area (Å²) in [5.41, 5.74) is 0. The summed E-state index contributed by atoms with van der Waals surface area (Å²) in [6.45, 7) is 3.30. The molecule has 0 saturated carbocycles. The van der Waals surface area contributed by atoms with E-state index in [-0.39, 0.29) is 24.5 Å². The number of hydrogen-bond acceptors (Lipinski definition) is 4. The molecule has 1 fully saturated rings. The minimum atomic E-state index is -0.153. The molecule has 1 aliphatic heterocycles. The van der Waals surface area contributed by atoms with Gasteiger partial charge < -0.3 is 9.80 Å². The van der Waals surface area contributed by atoms with Crippen LogP contribution in [0.15, 0.2) is 17.5 Å². The van der Waals surface area contributed by atoms with E-state index in [1.54, 1.807) is 16.2 Å². The Bertz CT molecular complexity index is 473. The van der Waals surface area contributed by atoms with Crippen LogP contribution in [0.1, 0.15) is 24.3 Å². The molecule has 1 aliphatic rings. The number of imide groups is 1. The van der Waals surface area contributed by atoms with Crippen molar-refractivity contribution in [1.29, 1.82) is 0 Å². The molecule has 1 atom stereocenters. The lowest BCUT2D eigenvalue weighted by atomic mass is 10.2. The number of nitrogens with zero attached hydrogens (tertiary/aromatic N) is 3. The van der Waals surface area contributed by atoms with Gasteiger partial charge in [0.1, 0.15) is 6.54 Å². The molecular formula is C14H21N3O2S. The maximum atomic E-state index is 12.2. The quantitative estimate of drug-likeness (QED) is 0.754. The lowest BCUT2D eigenvalue weighted by Crippen LogP contribution is -2.39. The van der Waals surface area contributed by atoms with Crippen molar-refractivity contribution in [1.82, 2.24) is 14.7 Å². The molecule has 0 unspecified atom stereocenters. The second kappa shape index (κ2) is 6.37. The second-order valence-corrected chi connectivity index (χ2v) is 6.18. The number of amides is 3. The number of hydrogen-bond donors (Lipinski definition) is 0.